The number of carbonyl (C=O) groups is 5. The van der Waals surface area contributed by atoms with Gasteiger partial charge in [-0.15, -0.1) is 0 Å². The average Bonchev–Trinajstić information content (AvgIpc) is 3.01. The number of nitro benzene ring substituents is 1. The Morgan fingerprint density at radius 1 is 0.755 bits per heavy atom. The van der Waals surface area contributed by atoms with Crippen LogP contribution in [0.4, 0.5) is 32.4 Å². The van der Waals surface area contributed by atoms with Crippen LogP contribution in [0.5, 0.6) is 11.5 Å². The molecule has 3 rings (SSSR count). The Bertz CT molecular complexity index is 1630. The zero-order valence-corrected chi connectivity index (χ0v) is 25.5. The zero-order valence-electron chi connectivity index (χ0n) is 25.5. The molecule has 0 amide bonds. The van der Waals surface area contributed by atoms with Gasteiger partial charge in [0.25, 0.3) is 0 Å². The predicted molar refractivity (Wildman–Crippen MR) is 143 cm³/mol. The number of nitro groups is 1. The number of carbonyl (C=O) groups excluding carboxylic acids is 5. The van der Waals surface area contributed by atoms with Crippen LogP contribution in [0, 0.1) is 39.2 Å². The number of halogens is 5. The van der Waals surface area contributed by atoms with Crippen LogP contribution in [0.1, 0.15) is 33.3 Å². The molecule has 16 nitrogen and oxygen atoms in total. The molecule has 0 N–H and O–H groups in total. The molecule has 2 aromatic rings. The van der Waals surface area contributed by atoms with Crippen LogP contribution in [0.2, 0.25) is 0 Å². The highest BCUT2D eigenvalue weighted by atomic mass is 19.2. The molecule has 1 saturated heterocycles. The molecule has 21 heteroatoms. The molecule has 0 aromatic heterocycles. The first-order valence-corrected chi connectivity index (χ1v) is 13.5. The molecule has 0 spiro atoms. The van der Waals surface area contributed by atoms with E-state index in [1.165, 1.54) is 0 Å². The minimum atomic E-state index is -2.51. The molecule has 1 heterocycles. The summed E-state index contributed by atoms with van der Waals surface area (Å²) in [6.45, 7) is 2.40. The smallest absolute Gasteiger partial charge is 0.463 e. The fraction of sp³-hybridized carbons (Fsp3) is 0.393. The first-order valence-electron chi connectivity index (χ1n) is 13.5. The van der Waals surface area contributed by atoms with Crippen molar-refractivity contribution in [3.8, 4) is 11.5 Å². The third-order valence-corrected chi connectivity index (χ3v) is 6.12. The third kappa shape index (κ3) is 9.49. The van der Waals surface area contributed by atoms with Gasteiger partial charge < -0.3 is 37.9 Å². The Balaban J connectivity index is 1.90. The molecule has 2 aromatic carbocycles. The highest BCUT2D eigenvalue weighted by Gasteiger charge is 2.53. The lowest BCUT2D eigenvalue weighted by Gasteiger charge is -2.43. The highest BCUT2D eigenvalue weighted by Crippen LogP contribution is 2.35. The number of esters is 4. The Kier molecular flexibility index (Phi) is 12.4. The van der Waals surface area contributed by atoms with Crippen molar-refractivity contribution in [2.75, 3.05) is 6.61 Å². The molecule has 5 atom stereocenters. The summed E-state index contributed by atoms with van der Waals surface area (Å²) in [4.78, 5) is 70.3. The molecule has 1 aliphatic heterocycles. The highest BCUT2D eigenvalue weighted by molar-refractivity contribution is 5.69. The second kappa shape index (κ2) is 16.0. The number of nitrogens with zero attached hydrogens (tertiary/aromatic N) is 1. The molecule has 266 valence electrons. The van der Waals surface area contributed by atoms with Crippen molar-refractivity contribution in [1.82, 2.24) is 0 Å². The molecule has 1 aliphatic rings. The second-order valence-corrected chi connectivity index (χ2v) is 9.78. The van der Waals surface area contributed by atoms with Crippen molar-refractivity contribution in [3.63, 3.8) is 0 Å². The van der Waals surface area contributed by atoms with Gasteiger partial charge in [0.15, 0.2) is 18.0 Å². The van der Waals surface area contributed by atoms with Crippen LogP contribution in [0.15, 0.2) is 18.2 Å². The van der Waals surface area contributed by atoms with E-state index in [4.69, 9.17) is 28.4 Å². The first-order chi connectivity index (χ1) is 22.9. The summed E-state index contributed by atoms with van der Waals surface area (Å²) in [6, 6.07) is 2.76. The summed E-state index contributed by atoms with van der Waals surface area (Å²) in [7, 11) is 0. The summed E-state index contributed by atoms with van der Waals surface area (Å²) in [5, 5.41) is 11.9. The Morgan fingerprint density at radius 2 is 1.29 bits per heavy atom. The van der Waals surface area contributed by atoms with Gasteiger partial charge in [0.1, 0.15) is 19.3 Å². The predicted octanol–water partition coefficient (Wildman–Crippen LogP) is 3.47. The SMILES string of the molecule is CC(=O)OC[C@H]1OC(Oc2ccc(COC(=O)Oc3c(F)c(F)c(F)c(F)c3F)cc2[N+](=O)[O-])[C@H](OC(C)=O)[C@@H](OC(C)=O)[C@H]1OC(C)=O. The van der Waals surface area contributed by atoms with Gasteiger partial charge in [0.2, 0.25) is 47.2 Å². The van der Waals surface area contributed by atoms with E-state index in [-0.39, 0.29) is 5.56 Å². The van der Waals surface area contributed by atoms with Crippen LogP contribution >= 0.6 is 0 Å². The summed E-state index contributed by atoms with van der Waals surface area (Å²) in [5.41, 5.74) is -1.06. The summed E-state index contributed by atoms with van der Waals surface area (Å²) in [5.74, 6) is -18.5. The minimum absolute atomic E-state index is 0.199. The van der Waals surface area contributed by atoms with E-state index < -0.39 is 125 Å². The van der Waals surface area contributed by atoms with E-state index in [1.807, 2.05) is 0 Å². The molecular formula is C28H24F5NO15. The van der Waals surface area contributed by atoms with Gasteiger partial charge in [-0.25, -0.2) is 18.0 Å². The fourth-order valence-corrected chi connectivity index (χ4v) is 4.23. The zero-order chi connectivity index (χ0) is 36.7. The summed E-state index contributed by atoms with van der Waals surface area (Å²) in [6.07, 6.45) is -10.2. The monoisotopic (exact) mass is 709 g/mol. The normalized spacial score (nSPS) is 20.0. The van der Waals surface area contributed by atoms with Crippen molar-refractivity contribution in [3.05, 3.63) is 63.0 Å². The number of rotatable bonds is 11. The quantitative estimate of drug-likeness (QED) is 0.0479. The average molecular weight is 709 g/mol. The van der Waals surface area contributed by atoms with Crippen molar-refractivity contribution >= 4 is 35.7 Å². The lowest BCUT2D eigenvalue weighted by Crippen LogP contribution is -2.63. The van der Waals surface area contributed by atoms with Crippen molar-refractivity contribution in [1.29, 1.82) is 0 Å². The number of benzene rings is 2. The maximum absolute atomic E-state index is 13.8. The van der Waals surface area contributed by atoms with Gasteiger partial charge in [-0.1, -0.05) is 6.07 Å². The molecule has 49 heavy (non-hydrogen) atoms. The standard InChI is InChI=1S/C28H24F5NO15/c1-10(35)42-9-17-23(44-11(2)36)25(45-12(3)37)26(46-13(4)38)27(48-17)47-16-6-5-14(7-15(16)34(40)41)8-43-28(39)49-24-21(32)19(30)18(29)20(31)22(24)33/h5-7,17,23,25-27H,8-9H2,1-4H3/t17-,23+,25+,26-,27?/m1/s1. The Morgan fingerprint density at radius 3 is 1.82 bits per heavy atom. The minimum Gasteiger partial charge on any atom is -0.463 e. The van der Waals surface area contributed by atoms with E-state index in [0.717, 1.165) is 45.9 Å². The largest absolute Gasteiger partial charge is 0.514 e. The van der Waals surface area contributed by atoms with Crippen molar-refractivity contribution in [2.24, 2.45) is 0 Å². The van der Waals surface area contributed by atoms with Gasteiger partial charge in [-0.2, -0.15) is 8.78 Å². The molecule has 0 radical (unpaired) electrons. The first kappa shape index (κ1) is 37.9. The molecule has 0 aliphatic carbocycles. The van der Waals surface area contributed by atoms with Crippen molar-refractivity contribution in [2.45, 2.75) is 65.0 Å². The van der Waals surface area contributed by atoms with Crippen LogP contribution in [0.25, 0.3) is 0 Å². The van der Waals surface area contributed by atoms with E-state index in [2.05, 4.69) is 9.47 Å². The molecule has 0 bridgehead atoms. The maximum Gasteiger partial charge on any atom is 0.514 e. The van der Waals surface area contributed by atoms with E-state index in [9.17, 15) is 56.0 Å². The maximum atomic E-state index is 13.8. The third-order valence-electron chi connectivity index (χ3n) is 6.12. The van der Waals surface area contributed by atoms with Gasteiger partial charge in [-0.3, -0.25) is 29.3 Å². The van der Waals surface area contributed by atoms with Crippen LogP contribution in [0.3, 0.4) is 0 Å². The number of hydrogen-bond donors (Lipinski definition) is 0. The molecule has 1 unspecified atom stereocenters. The number of hydrogen-bond acceptors (Lipinski definition) is 15. The Labute approximate surface area is 271 Å². The van der Waals surface area contributed by atoms with Gasteiger partial charge in [0.05, 0.1) is 4.92 Å². The molecule has 1 fully saturated rings. The van der Waals surface area contributed by atoms with Gasteiger partial charge in [0, 0.05) is 33.8 Å². The van der Waals surface area contributed by atoms with Gasteiger partial charge >= 0.3 is 35.7 Å². The van der Waals surface area contributed by atoms with Crippen LogP contribution in [-0.2, 0) is 54.2 Å². The van der Waals surface area contributed by atoms with E-state index in [1.54, 1.807) is 0 Å². The van der Waals surface area contributed by atoms with E-state index >= 15 is 0 Å². The van der Waals surface area contributed by atoms with Crippen molar-refractivity contribution < 1.29 is 88.7 Å². The lowest BCUT2D eigenvalue weighted by atomic mass is 9.98. The van der Waals surface area contributed by atoms with Crippen LogP contribution in [-0.4, -0.2) is 72.3 Å². The summed E-state index contributed by atoms with van der Waals surface area (Å²) < 4.78 is 108. The summed E-state index contributed by atoms with van der Waals surface area (Å²) >= 11 is 0. The Hall–Kier alpha value is -5.60. The topological polar surface area (TPSA) is 202 Å². The molecule has 0 saturated carbocycles. The lowest BCUT2D eigenvalue weighted by molar-refractivity contribution is -0.387. The molecular weight excluding hydrogens is 685 g/mol. The fourth-order valence-electron chi connectivity index (χ4n) is 4.23. The van der Waals surface area contributed by atoms with Gasteiger partial charge in [-0.05, 0) is 11.6 Å². The van der Waals surface area contributed by atoms with E-state index in [0.29, 0.717) is 0 Å². The van der Waals surface area contributed by atoms with Crippen LogP contribution < -0.4 is 9.47 Å². The second-order valence-electron chi connectivity index (χ2n) is 9.78. The number of ether oxygens (including phenoxy) is 8.